The molecule has 4 heterocycles. The molecule has 7 heteroatoms. The first kappa shape index (κ1) is 16.1. The largest absolute Gasteiger partial charge is 0.390 e. The summed E-state index contributed by atoms with van der Waals surface area (Å²) in [7, 11) is 0. The third-order valence-corrected chi connectivity index (χ3v) is 5.53. The van der Waals surface area contributed by atoms with Crippen molar-refractivity contribution < 1.29 is 14.6 Å². The van der Waals surface area contributed by atoms with E-state index in [2.05, 4.69) is 25.8 Å². The molecule has 132 valence electrons. The zero-order valence-electron chi connectivity index (χ0n) is 14.1. The van der Waals surface area contributed by atoms with Crippen LogP contribution in [0.1, 0.15) is 25.7 Å². The summed E-state index contributed by atoms with van der Waals surface area (Å²) in [6.07, 6.45) is 4.84. The lowest BCUT2D eigenvalue weighted by Crippen LogP contribution is -2.55. The zero-order valence-corrected chi connectivity index (χ0v) is 14.1. The Morgan fingerprint density at radius 1 is 1.00 bits per heavy atom. The summed E-state index contributed by atoms with van der Waals surface area (Å²) in [4.78, 5) is 13.4. The minimum atomic E-state index is -0.338. The van der Waals surface area contributed by atoms with Crippen molar-refractivity contribution >= 4 is 11.6 Å². The first-order chi connectivity index (χ1) is 11.8. The van der Waals surface area contributed by atoms with Gasteiger partial charge in [0.2, 0.25) is 0 Å². The Hall–Kier alpha value is -1.44. The molecule has 3 saturated heterocycles. The monoisotopic (exact) mass is 334 g/mol. The van der Waals surface area contributed by atoms with E-state index >= 15 is 0 Å². The maximum Gasteiger partial charge on any atom is 0.134 e. The number of piperidine rings is 1. The molecule has 3 aliphatic heterocycles. The van der Waals surface area contributed by atoms with Gasteiger partial charge in [-0.25, -0.2) is 9.97 Å². The second-order valence-corrected chi connectivity index (χ2v) is 6.89. The number of nitrogens with zero attached hydrogens (tertiary/aromatic N) is 4. The molecule has 0 saturated carbocycles. The van der Waals surface area contributed by atoms with Crippen LogP contribution in [0.4, 0.5) is 11.6 Å². The maximum atomic E-state index is 10.4. The number of hydrogen-bond acceptors (Lipinski definition) is 7. The average molecular weight is 334 g/mol. The molecule has 0 bridgehead atoms. The smallest absolute Gasteiger partial charge is 0.134 e. The Labute approximate surface area is 142 Å². The van der Waals surface area contributed by atoms with Gasteiger partial charge in [-0.1, -0.05) is 0 Å². The van der Waals surface area contributed by atoms with Crippen molar-refractivity contribution in [2.24, 2.45) is 0 Å². The second kappa shape index (κ2) is 6.82. The van der Waals surface area contributed by atoms with Crippen LogP contribution in [-0.2, 0) is 9.47 Å². The number of aliphatic hydroxyl groups is 1. The molecule has 0 radical (unpaired) electrons. The summed E-state index contributed by atoms with van der Waals surface area (Å²) in [6.45, 7) is 5.74. The maximum absolute atomic E-state index is 10.4. The molecule has 1 unspecified atom stereocenters. The molecule has 1 aromatic rings. The second-order valence-electron chi connectivity index (χ2n) is 6.89. The fourth-order valence-corrected chi connectivity index (χ4v) is 3.98. The molecule has 0 aromatic carbocycles. The lowest BCUT2D eigenvalue weighted by atomic mass is 9.82. The van der Waals surface area contributed by atoms with Gasteiger partial charge < -0.3 is 24.4 Å². The van der Waals surface area contributed by atoms with E-state index < -0.39 is 0 Å². The summed E-state index contributed by atoms with van der Waals surface area (Å²) in [6, 6.07) is 2.07. The van der Waals surface area contributed by atoms with Gasteiger partial charge in [-0.05, 0) is 25.7 Å². The van der Waals surface area contributed by atoms with Gasteiger partial charge in [-0.15, -0.1) is 0 Å². The molecule has 1 atom stereocenters. The van der Waals surface area contributed by atoms with E-state index in [-0.39, 0.29) is 11.7 Å². The molecule has 1 aromatic heterocycles. The average Bonchev–Trinajstić information content (AvgIpc) is 2.66. The number of rotatable bonds is 2. The van der Waals surface area contributed by atoms with E-state index in [1.165, 1.54) is 0 Å². The van der Waals surface area contributed by atoms with Gasteiger partial charge in [0, 0.05) is 38.9 Å². The Kier molecular flexibility index (Phi) is 4.56. The Bertz CT molecular complexity index is 557. The summed E-state index contributed by atoms with van der Waals surface area (Å²) in [5.41, 5.74) is -0.338. The van der Waals surface area contributed by atoms with Gasteiger partial charge in [0.1, 0.15) is 18.0 Å². The normalized spacial score (nSPS) is 27.5. The summed E-state index contributed by atoms with van der Waals surface area (Å²) in [5, 5.41) is 10.4. The predicted octanol–water partition coefficient (Wildman–Crippen LogP) is 0.823. The molecule has 1 N–H and O–H groups in total. The molecule has 0 aliphatic carbocycles. The lowest BCUT2D eigenvalue weighted by Gasteiger charge is -2.47. The van der Waals surface area contributed by atoms with Crippen molar-refractivity contribution in [2.75, 3.05) is 55.8 Å². The number of aliphatic hydroxyl groups excluding tert-OH is 1. The highest BCUT2D eigenvalue weighted by atomic mass is 16.5. The number of aromatic nitrogens is 2. The van der Waals surface area contributed by atoms with Crippen molar-refractivity contribution in [1.29, 1.82) is 0 Å². The molecule has 3 fully saturated rings. The van der Waals surface area contributed by atoms with Crippen LogP contribution in [0.5, 0.6) is 0 Å². The van der Waals surface area contributed by atoms with E-state index in [9.17, 15) is 5.11 Å². The topological polar surface area (TPSA) is 71.0 Å². The molecule has 7 nitrogen and oxygen atoms in total. The molecule has 24 heavy (non-hydrogen) atoms. The van der Waals surface area contributed by atoms with Crippen LogP contribution in [0.3, 0.4) is 0 Å². The van der Waals surface area contributed by atoms with Crippen molar-refractivity contribution in [1.82, 2.24) is 9.97 Å². The molecule has 4 rings (SSSR count). The highest BCUT2D eigenvalue weighted by molar-refractivity contribution is 5.50. The van der Waals surface area contributed by atoms with Crippen LogP contribution >= 0.6 is 0 Å². The fraction of sp³-hybridized carbons (Fsp3) is 0.765. The van der Waals surface area contributed by atoms with E-state index in [1.54, 1.807) is 6.33 Å². The highest BCUT2D eigenvalue weighted by Gasteiger charge is 2.43. The van der Waals surface area contributed by atoms with Crippen molar-refractivity contribution in [3.05, 3.63) is 12.4 Å². The number of ether oxygens (including phenoxy) is 2. The van der Waals surface area contributed by atoms with Gasteiger partial charge in [0.25, 0.3) is 0 Å². The Balaban J connectivity index is 1.43. The quantitative estimate of drug-likeness (QED) is 0.859. The van der Waals surface area contributed by atoms with E-state index in [0.717, 1.165) is 83.3 Å². The summed E-state index contributed by atoms with van der Waals surface area (Å²) >= 11 is 0. The van der Waals surface area contributed by atoms with E-state index in [1.807, 2.05) is 0 Å². The van der Waals surface area contributed by atoms with Gasteiger partial charge in [0.15, 0.2) is 0 Å². The molecule has 0 amide bonds. The number of anilines is 2. The number of morpholine rings is 1. The van der Waals surface area contributed by atoms with Crippen LogP contribution in [0.2, 0.25) is 0 Å². The van der Waals surface area contributed by atoms with Crippen LogP contribution < -0.4 is 9.80 Å². The molecule has 1 spiro atoms. The zero-order chi connectivity index (χ0) is 16.4. The Morgan fingerprint density at radius 2 is 1.67 bits per heavy atom. The first-order valence-electron chi connectivity index (χ1n) is 8.99. The highest BCUT2D eigenvalue weighted by Crippen LogP contribution is 2.36. The van der Waals surface area contributed by atoms with Crippen molar-refractivity contribution in [2.45, 2.75) is 37.4 Å². The standard InChI is InChI=1S/C17H26N4O3/c22-14-2-1-9-24-17(14)3-5-20(6-4-17)15-12-16(19-13-18-15)21-7-10-23-11-8-21/h12-14,22H,1-11H2. The molecule has 3 aliphatic rings. The third-order valence-electron chi connectivity index (χ3n) is 5.53. The molecular weight excluding hydrogens is 308 g/mol. The van der Waals surface area contributed by atoms with Gasteiger partial charge in [-0.3, -0.25) is 0 Å². The fourth-order valence-electron chi connectivity index (χ4n) is 3.98. The van der Waals surface area contributed by atoms with Crippen molar-refractivity contribution in [3.8, 4) is 0 Å². The van der Waals surface area contributed by atoms with Crippen LogP contribution in [-0.4, -0.2) is 72.8 Å². The van der Waals surface area contributed by atoms with Gasteiger partial charge in [0.05, 0.1) is 24.9 Å². The Morgan fingerprint density at radius 3 is 2.33 bits per heavy atom. The van der Waals surface area contributed by atoms with Crippen LogP contribution in [0.15, 0.2) is 12.4 Å². The minimum Gasteiger partial charge on any atom is -0.390 e. The SMILES string of the molecule is OC1CCCOC12CCN(c1cc(N3CCOCC3)ncn1)CC2. The predicted molar refractivity (Wildman–Crippen MR) is 90.4 cm³/mol. The summed E-state index contributed by atoms with van der Waals surface area (Å²) in [5.74, 6) is 1.93. The minimum absolute atomic E-state index is 0.331. The first-order valence-corrected chi connectivity index (χ1v) is 8.99. The van der Waals surface area contributed by atoms with Gasteiger partial charge >= 0.3 is 0 Å². The van der Waals surface area contributed by atoms with Crippen molar-refractivity contribution in [3.63, 3.8) is 0 Å². The van der Waals surface area contributed by atoms with Gasteiger partial charge in [-0.2, -0.15) is 0 Å². The third kappa shape index (κ3) is 3.08. The summed E-state index contributed by atoms with van der Waals surface area (Å²) < 4.78 is 11.4. The lowest BCUT2D eigenvalue weighted by molar-refractivity contribution is -0.164. The van der Waals surface area contributed by atoms with E-state index in [0.29, 0.717) is 0 Å². The van der Waals surface area contributed by atoms with Crippen LogP contribution in [0, 0.1) is 0 Å². The number of hydrogen-bond donors (Lipinski definition) is 1. The van der Waals surface area contributed by atoms with Crippen LogP contribution in [0.25, 0.3) is 0 Å². The van der Waals surface area contributed by atoms with E-state index in [4.69, 9.17) is 9.47 Å². The molecular formula is C17H26N4O3.